The summed E-state index contributed by atoms with van der Waals surface area (Å²) in [6, 6.07) is 1.17. The van der Waals surface area contributed by atoms with Crippen LogP contribution in [-0.4, -0.2) is 12.6 Å². The second-order valence-corrected chi connectivity index (χ2v) is 3.13. The number of furan rings is 1. The maximum absolute atomic E-state index is 12.3. The predicted octanol–water partition coefficient (Wildman–Crippen LogP) is 3.16. The molecule has 0 bridgehead atoms. The Bertz CT molecular complexity index is 335. The first-order chi connectivity index (χ1) is 6.56. The van der Waals surface area contributed by atoms with Gasteiger partial charge in [-0.2, -0.15) is 0 Å². The van der Waals surface area contributed by atoms with Crippen LogP contribution in [0.15, 0.2) is 15.2 Å². The summed E-state index contributed by atoms with van der Waals surface area (Å²) in [4.78, 5) is 11.1. The van der Waals surface area contributed by atoms with Crippen molar-refractivity contribution in [2.75, 3.05) is 6.61 Å². The fraction of sp³-hybridized carbons (Fsp3) is 0.375. The zero-order valence-electron chi connectivity index (χ0n) is 7.22. The number of carbonyl (C=O) groups is 1. The van der Waals surface area contributed by atoms with Crippen LogP contribution in [-0.2, 0) is 4.74 Å². The predicted molar refractivity (Wildman–Crippen MR) is 47.3 cm³/mol. The van der Waals surface area contributed by atoms with Crippen molar-refractivity contribution in [1.82, 2.24) is 0 Å². The molecule has 78 valence electrons. The molecule has 3 nitrogen and oxygen atoms in total. The van der Waals surface area contributed by atoms with Crippen molar-refractivity contribution < 1.29 is 22.7 Å². The SMILES string of the molecule is CCOC(=O)c1cc(Br)oc1C(F)F. The highest BCUT2D eigenvalue weighted by molar-refractivity contribution is 9.10. The summed E-state index contributed by atoms with van der Waals surface area (Å²) >= 11 is 2.86. The van der Waals surface area contributed by atoms with Crippen LogP contribution in [0.2, 0.25) is 0 Å². The number of alkyl halides is 2. The molecule has 0 aliphatic rings. The standard InChI is InChI=1S/C8H7BrF2O3/c1-2-13-8(12)4-3-5(9)14-6(4)7(10)11/h3,7H,2H2,1H3. The van der Waals surface area contributed by atoms with Gasteiger partial charge in [-0.15, -0.1) is 0 Å². The molecule has 1 aromatic rings. The molecule has 0 fully saturated rings. The van der Waals surface area contributed by atoms with E-state index >= 15 is 0 Å². The second-order valence-electron chi connectivity index (χ2n) is 2.35. The van der Waals surface area contributed by atoms with Crippen LogP contribution >= 0.6 is 15.9 Å². The van der Waals surface area contributed by atoms with Gasteiger partial charge in [0.1, 0.15) is 5.56 Å². The molecule has 1 heterocycles. The van der Waals surface area contributed by atoms with E-state index in [2.05, 4.69) is 25.1 Å². The quantitative estimate of drug-likeness (QED) is 0.791. The monoisotopic (exact) mass is 268 g/mol. The van der Waals surface area contributed by atoms with E-state index < -0.39 is 18.2 Å². The maximum Gasteiger partial charge on any atom is 0.341 e. The lowest BCUT2D eigenvalue weighted by Crippen LogP contribution is -2.06. The molecule has 0 aromatic carbocycles. The highest BCUT2D eigenvalue weighted by Gasteiger charge is 2.24. The fourth-order valence-electron chi connectivity index (χ4n) is 0.905. The Morgan fingerprint density at radius 2 is 2.36 bits per heavy atom. The smallest absolute Gasteiger partial charge is 0.341 e. The van der Waals surface area contributed by atoms with Gasteiger partial charge in [0.2, 0.25) is 0 Å². The fourth-order valence-corrected chi connectivity index (χ4v) is 1.31. The number of hydrogen-bond donors (Lipinski definition) is 0. The molecule has 0 atom stereocenters. The van der Waals surface area contributed by atoms with E-state index in [0.717, 1.165) is 0 Å². The van der Waals surface area contributed by atoms with E-state index in [-0.39, 0.29) is 16.8 Å². The van der Waals surface area contributed by atoms with Gasteiger partial charge in [0, 0.05) is 6.07 Å². The van der Waals surface area contributed by atoms with E-state index in [0.29, 0.717) is 0 Å². The molecule has 0 unspecified atom stereocenters. The Hall–Kier alpha value is -0.910. The van der Waals surface area contributed by atoms with E-state index in [9.17, 15) is 13.6 Å². The van der Waals surface area contributed by atoms with E-state index in [4.69, 9.17) is 0 Å². The molecule has 1 aromatic heterocycles. The van der Waals surface area contributed by atoms with Gasteiger partial charge >= 0.3 is 5.97 Å². The summed E-state index contributed by atoms with van der Waals surface area (Å²) in [6.45, 7) is 1.72. The van der Waals surface area contributed by atoms with Gasteiger partial charge < -0.3 is 9.15 Å². The zero-order chi connectivity index (χ0) is 10.7. The molecule has 1 rings (SSSR count). The first-order valence-corrected chi connectivity index (χ1v) is 4.60. The second kappa shape index (κ2) is 4.54. The lowest BCUT2D eigenvalue weighted by atomic mass is 10.2. The lowest BCUT2D eigenvalue weighted by molar-refractivity contribution is 0.0507. The normalized spacial score (nSPS) is 10.6. The largest absolute Gasteiger partial charge is 0.462 e. The van der Waals surface area contributed by atoms with Crippen LogP contribution in [0.25, 0.3) is 0 Å². The zero-order valence-corrected chi connectivity index (χ0v) is 8.81. The van der Waals surface area contributed by atoms with Gasteiger partial charge in [-0.3, -0.25) is 0 Å². The number of ether oxygens (including phenoxy) is 1. The van der Waals surface area contributed by atoms with E-state index in [1.54, 1.807) is 6.92 Å². The van der Waals surface area contributed by atoms with Crippen molar-refractivity contribution in [2.45, 2.75) is 13.3 Å². The molecular weight excluding hydrogens is 262 g/mol. The van der Waals surface area contributed by atoms with Crippen LogP contribution in [0.1, 0.15) is 29.5 Å². The van der Waals surface area contributed by atoms with Crippen molar-refractivity contribution in [3.63, 3.8) is 0 Å². The van der Waals surface area contributed by atoms with Gasteiger partial charge in [-0.25, -0.2) is 13.6 Å². The summed E-state index contributed by atoms with van der Waals surface area (Å²) in [5.41, 5.74) is -0.242. The lowest BCUT2D eigenvalue weighted by Gasteiger charge is -2.00. The molecule has 0 N–H and O–H groups in total. The Balaban J connectivity index is 3.00. The molecule has 0 aliphatic carbocycles. The molecular formula is C8H7BrF2O3. The molecule has 14 heavy (non-hydrogen) atoms. The van der Waals surface area contributed by atoms with Gasteiger partial charge in [-0.05, 0) is 22.9 Å². The third-order valence-corrected chi connectivity index (χ3v) is 1.82. The van der Waals surface area contributed by atoms with Gasteiger partial charge in [0.05, 0.1) is 6.61 Å². The molecule has 0 spiro atoms. The minimum atomic E-state index is -2.83. The highest BCUT2D eigenvalue weighted by atomic mass is 79.9. The number of carbonyl (C=O) groups excluding carboxylic acids is 1. The Morgan fingerprint density at radius 3 is 2.86 bits per heavy atom. The highest BCUT2D eigenvalue weighted by Crippen LogP contribution is 2.29. The number of halogens is 3. The first kappa shape index (κ1) is 11.2. The van der Waals surface area contributed by atoms with Crippen LogP contribution in [0.4, 0.5) is 8.78 Å². The summed E-state index contributed by atoms with van der Waals surface area (Å²) in [5.74, 6) is -1.48. The molecule has 0 aliphatic heterocycles. The maximum atomic E-state index is 12.3. The third kappa shape index (κ3) is 2.31. The number of esters is 1. The summed E-state index contributed by atoms with van der Waals surface area (Å²) < 4.78 is 33.9. The van der Waals surface area contributed by atoms with Crippen LogP contribution in [0.3, 0.4) is 0 Å². The van der Waals surface area contributed by atoms with Gasteiger partial charge in [0.25, 0.3) is 6.43 Å². The number of hydrogen-bond acceptors (Lipinski definition) is 3. The minimum absolute atomic E-state index is 0.0795. The van der Waals surface area contributed by atoms with Gasteiger partial charge in [-0.1, -0.05) is 0 Å². The van der Waals surface area contributed by atoms with Crippen molar-refractivity contribution in [1.29, 1.82) is 0 Å². The van der Waals surface area contributed by atoms with Crippen LogP contribution in [0, 0.1) is 0 Å². The van der Waals surface area contributed by atoms with Crippen molar-refractivity contribution in [3.8, 4) is 0 Å². The van der Waals surface area contributed by atoms with Crippen LogP contribution in [0.5, 0.6) is 0 Å². The minimum Gasteiger partial charge on any atom is -0.462 e. The average Bonchev–Trinajstić information content (AvgIpc) is 2.48. The van der Waals surface area contributed by atoms with E-state index in [1.165, 1.54) is 6.07 Å². The Kier molecular flexibility index (Phi) is 3.62. The Labute approximate surface area is 87.2 Å². The van der Waals surface area contributed by atoms with Gasteiger partial charge in [0.15, 0.2) is 10.4 Å². The summed E-state index contributed by atoms with van der Waals surface area (Å²) in [7, 11) is 0. The summed E-state index contributed by atoms with van der Waals surface area (Å²) in [5, 5.41) is 0. The third-order valence-electron chi connectivity index (χ3n) is 1.42. The molecule has 6 heteroatoms. The number of rotatable bonds is 3. The van der Waals surface area contributed by atoms with Crippen molar-refractivity contribution in [3.05, 3.63) is 22.1 Å². The average molecular weight is 269 g/mol. The molecule has 0 saturated heterocycles. The first-order valence-electron chi connectivity index (χ1n) is 3.80. The van der Waals surface area contributed by atoms with Crippen molar-refractivity contribution >= 4 is 21.9 Å². The van der Waals surface area contributed by atoms with E-state index in [1.807, 2.05) is 0 Å². The van der Waals surface area contributed by atoms with Crippen molar-refractivity contribution in [2.24, 2.45) is 0 Å². The molecule has 0 saturated carbocycles. The molecule has 0 radical (unpaired) electrons. The molecule has 0 amide bonds. The summed E-state index contributed by atoms with van der Waals surface area (Å²) in [6.07, 6.45) is -2.83. The topological polar surface area (TPSA) is 39.4 Å². The van der Waals surface area contributed by atoms with Crippen LogP contribution < -0.4 is 0 Å². The Morgan fingerprint density at radius 1 is 1.71 bits per heavy atom.